The normalized spacial score (nSPS) is 24.5. The predicted molar refractivity (Wildman–Crippen MR) is 55.3 cm³/mol. The number of piperidine rings is 1. The van der Waals surface area contributed by atoms with Crippen LogP contribution < -0.4 is 5.32 Å². The highest BCUT2D eigenvalue weighted by molar-refractivity contribution is 6.04. The molecule has 2 aliphatic heterocycles. The van der Waals surface area contributed by atoms with E-state index in [0.717, 1.165) is 31.0 Å². The van der Waals surface area contributed by atoms with Crippen molar-refractivity contribution in [3.05, 3.63) is 0 Å². The molecule has 1 N–H and O–H groups in total. The van der Waals surface area contributed by atoms with Gasteiger partial charge >= 0.3 is 0 Å². The second-order valence-electron chi connectivity index (χ2n) is 3.88. The van der Waals surface area contributed by atoms with E-state index < -0.39 is 5.41 Å². The summed E-state index contributed by atoms with van der Waals surface area (Å²) < 4.78 is 0. The molecule has 0 radical (unpaired) electrons. The van der Waals surface area contributed by atoms with E-state index in [4.69, 9.17) is 4.84 Å². The molecular formula is C9H15ClN2O3. The quantitative estimate of drug-likeness (QED) is 0.654. The smallest absolute Gasteiger partial charge is 0.260 e. The van der Waals surface area contributed by atoms with Crippen LogP contribution in [-0.4, -0.2) is 37.1 Å². The maximum Gasteiger partial charge on any atom is 0.260 e. The van der Waals surface area contributed by atoms with Crippen LogP contribution in [0.2, 0.25) is 0 Å². The third-order valence-electron chi connectivity index (χ3n) is 3.10. The van der Waals surface area contributed by atoms with Gasteiger partial charge in [-0.15, -0.1) is 12.4 Å². The van der Waals surface area contributed by atoms with Crippen LogP contribution in [0.15, 0.2) is 0 Å². The van der Waals surface area contributed by atoms with Crippen LogP contribution in [-0.2, 0) is 14.4 Å². The van der Waals surface area contributed by atoms with Crippen LogP contribution in [0, 0.1) is 5.41 Å². The van der Waals surface area contributed by atoms with Crippen LogP contribution in [0.1, 0.15) is 19.3 Å². The van der Waals surface area contributed by atoms with Gasteiger partial charge in [0.25, 0.3) is 11.8 Å². The molecule has 0 aromatic carbocycles. The lowest BCUT2D eigenvalue weighted by Crippen LogP contribution is -2.42. The van der Waals surface area contributed by atoms with Gasteiger partial charge in [-0.25, -0.2) is 0 Å². The van der Waals surface area contributed by atoms with Gasteiger partial charge in [-0.2, -0.15) is 5.06 Å². The summed E-state index contributed by atoms with van der Waals surface area (Å²) in [6.45, 7) is 1.60. The maximum atomic E-state index is 11.9. The average molecular weight is 235 g/mol. The zero-order valence-corrected chi connectivity index (χ0v) is 9.43. The number of rotatable bonds is 1. The summed E-state index contributed by atoms with van der Waals surface area (Å²) in [5, 5.41) is 4.09. The van der Waals surface area contributed by atoms with E-state index in [9.17, 15) is 9.59 Å². The molecule has 2 rings (SSSR count). The van der Waals surface area contributed by atoms with Gasteiger partial charge in [0.05, 0.1) is 12.5 Å². The molecule has 1 spiro atoms. The van der Waals surface area contributed by atoms with E-state index in [-0.39, 0.29) is 24.2 Å². The van der Waals surface area contributed by atoms with Crippen molar-refractivity contribution in [2.45, 2.75) is 19.3 Å². The van der Waals surface area contributed by atoms with Crippen molar-refractivity contribution < 1.29 is 14.4 Å². The molecule has 0 saturated carbocycles. The van der Waals surface area contributed by atoms with Crippen molar-refractivity contribution in [3.8, 4) is 0 Å². The minimum atomic E-state index is -0.474. The van der Waals surface area contributed by atoms with Gasteiger partial charge in [-0.1, -0.05) is 0 Å². The molecule has 2 saturated heterocycles. The molecule has 0 unspecified atom stereocenters. The largest absolute Gasteiger partial charge is 0.317 e. The Balaban J connectivity index is 0.00000112. The van der Waals surface area contributed by atoms with Gasteiger partial charge in [0.1, 0.15) is 0 Å². The Labute approximate surface area is 94.5 Å². The number of nitrogens with zero attached hydrogens (tertiary/aromatic N) is 1. The standard InChI is InChI=1S/C9H14N2O3.ClH/c1-14-11-7(12)6-9(8(11)13)2-4-10-5-3-9;/h10H,2-6H2,1H3;1H. The average Bonchev–Trinajstić information content (AvgIpc) is 2.40. The second kappa shape index (κ2) is 4.47. The monoisotopic (exact) mass is 234 g/mol. The Bertz CT molecular complexity index is 277. The first-order valence-electron chi connectivity index (χ1n) is 4.82. The Morgan fingerprint density at radius 1 is 1.33 bits per heavy atom. The number of carbonyl (C=O) groups excluding carboxylic acids is 2. The lowest BCUT2D eigenvalue weighted by molar-refractivity contribution is -0.182. The van der Waals surface area contributed by atoms with Gasteiger partial charge in [0, 0.05) is 6.42 Å². The van der Waals surface area contributed by atoms with Gasteiger partial charge in [-0.3, -0.25) is 14.4 Å². The highest BCUT2D eigenvalue weighted by Crippen LogP contribution is 2.40. The molecule has 0 aromatic rings. The van der Waals surface area contributed by atoms with E-state index in [1.165, 1.54) is 7.11 Å². The van der Waals surface area contributed by atoms with Gasteiger partial charge in [0.15, 0.2) is 0 Å². The molecule has 5 nitrogen and oxygen atoms in total. The molecule has 6 heteroatoms. The number of hydroxylamine groups is 2. The molecule has 0 bridgehead atoms. The topological polar surface area (TPSA) is 58.6 Å². The minimum Gasteiger partial charge on any atom is -0.317 e. The van der Waals surface area contributed by atoms with E-state index in [1.807, 2.05) is 0 Å². The molecule has 2 amide bonds. The first-order valence-corrected chi connectivity index (χ1v) is 4.82. The van der Waals surface area contributed by atoms with E-state index in [2.05, 4.69) is 5.32 Å². The third kappa shape index (κ3) is 1.87. The van der Waals surface area contributed by atoms with Crippen molar-refractivity contribution in [2.24, 2.45) is 5.41 Å². The van der Waals surface area contributed by atoms with Gasteiger partial charge < -0.3 is 5.32 Å². The number of carbonyl (C=O) groups is 2. The molecule has 2 fully saturated rings. The number of imide groups is 1. The first kappa shape index (κ1) is 12.4. The molecule has 2 aliphatic rings. The zero-order valence-electron chi connectivity index (χ0n) is 8.62. The summed E-state index contributed by atoms with van der Waals surface area (Å²) in [4.78, 5) is 28.1. The molecular weight excluding hydrogens is 220 g/mol. The fourth-order valence-corrected chi connectivity index (χ4v) is 2.25. The fourth-order valence-electron chi connectivity index (χ4n) is 2.25. The number of nitrogens with one attached hydrogen (secondary N) is 1. The molecule has 0 aromatic heterocycles. The third-order valence-corrected chi connectivity index (χ3v) is 3.10. The van der Waals surface area contributed by atoms with E-state index in [0.29, 0.717) is 6.42 Å². The van der Waals surface area contributed by atoms with Crippen LogP contribution in [0.4, 0.5) is 0 Å². The molecule has 86 valence electrons. The number of halogens is 1. The Morgan fingerprint density at radius 2 is 1.93 bits per heavy atom. The summed E-state index contributed by atoms with van der Waals surface area (Å²) in [6, 6.07) is 0. The van der Waals surface area contributed by atoms with E-state index >= 15 is 0 Å². The summed E-state index contributed by atoms with van der Waals surface area (Å²) in [5.41, 5.74) is -0.474. The highest BCUT2D eigenvalue weighted by atomic mass is 35.5. The van der Waals surface area contributed by atoms with Crippen molar-refractivity contribution >= 4 is 24.2 Å². The molecule has 15 heavy (non-hydrogen) atoms. The van der Waals surface area contributed by atoms with Crippen molar-refractivity contribution in [3.63, 3.8) is 0 Å². The van der Waals surface area contributed by atoms with E-state index in [1.54, 1.807) is 0 Å². The number of amides is 2. The van der Waals surface area contributed by atoms with Crippen LogP contribution in [0.3, 0.4) is 0 Å². The fraction of sp³-hybridized carbons (Fsp3) is 0.778. The summed E-state index contributed by atoms with van der Waals surface area (Å²) >= 11 is 0. The van der Waals surface area contributed by atoms with Crippen LogP contribution in [0.5, 0.6) is 0 Å². The van der Waals surface area contributed by atoms with Crippen molar-refractivity contribution in [1.82, 2.24) is 10.4 Å². The van der Waals surface area contributed by atoms with Crippen molar-refractivity contribution in [2.75, 3.05) is 20.2 Å². The summed E-state index contributed by atoms with van der Waals surface area (Å²) in [7, 11) is 1.36. The summed E-state index contributed by atoms with van der Waals surface area (Å²) in [5.74, 6) is -0.370. The molecule has 2 heterocycles. The van der Waals surface area contributed by atoms with Gasteiger partial charge in [-0.05, 0) is 25.9 Å². The number of hydrogen-bond acceptors (Lipinski definition) is 4. The molecule has 0 aliphatic carbocycles. The lowest BCUT2D eigenvalue weighted by atomic mass is 9.77. The second-order valence-corrected chi connectivity index (χ2v) is 3.88. The number of hydrogen-bond donors (Lipinski definition) is 1. The van der Waals surface area contributed by atoms with Crippen molar-refractivity contribution in [1.29, 1.82) is 0 Å². The van der Waals surface area contributed by atoms with Crippen LogP contribution in [0.25, 0.3) is 0 Å². The minimum absolute atomic E-state index is 0. The molecule has 0 atom stereocenters. The Morgan fingerprint density at radius 3 is 2.40 bits per heavy atom. The highest BCUT2D eigenvalue weighted by Gasteiger charge is 2.52. The maximum absolute atomic E-state index is 11.9. The first-order chi connectivity index (χ1) is 6.69. The van der Waals surface area contributed by atoms with Crippen LogP contribution >= 0.6 is 12.4 Å². The SMILES string of the molecule is CON1C(=O)CC2(CCNCC2)C1=O.Cl. The zero-order chi connectivity index (χ0) is 10.2. The van der Waals surface area contributed by atoms with Gasteiger partial charge in [0.2, 0.25) is 0 Å². The Hall–Kier alpha value is -0.650. The predicted octanol–water partition coefficient (Wildman–Crippen LogP) is 0.0983. The lowest BCUT2D eigenvalue weighted by Gasteiger charge is -2.30. The summed E-state index contributed by atoms with van der Waals surface area (Å²) in [6.07, 6.45) is 1.77. The Kier molecular flexibility index (Phi) is 3.70.